The van der Waals surface area contributed by atoms with Crippen LogP contribution in [0, 0.1) is 5.92 Å². The van der Waals surface area contributed by atoms with E-state index in [1.807, 2.05) is 12.3 Å². The zero-order chi connectivity index (χ0) is 11.3. The van der Waals surface area contributed by atoms with E-state index < -0.39 is 0 Å². The molecule has 1 rings (SSSR count). The van der Waals surface area contributed by atoms with Crippen molar-refractivity contribution in [1.82, 2.24) is 4.98 Å². The molecule has 0 saturated carbocycles. The number of aromatic nitrogens is 1. The van der Waals surface area contributed by atoms with Gasteiger partial charge >= 0.3 is 0 Å². The maximum Gasteiger partial charge on any atom is 0.0648 e. The van der Waals surface area contributed by atoms with E-state index in [1.54, 1.807) is 0 Å². The minimum atomic E-state index is 0.477. The van der Waals surface area contributed by atoms with Crippen molar-refractivity contribution >= 4 is 17.3 Å². The number of pyridine rings is 1. The highest BCUT2D eigenvalue weighted by Gasteiger charge is 2.06. The van der Waals surface area contributed by atoms with Crippen LogP contribution in [0.25, 0.3) is 0 Å². The first kappa shape index (κ1) is 12.3. The molecular formula is C12H19ClN2. The largest absolute Gasteiger partial charge is 0.374 e. The fourth-order valence-corrected chi connectivity index (χ4v) is 1.62. The molecule has 0 radical (unpaired) electrons. The highest BCUT2D eigenvalue weighted by Crippen LogP contribution is 2.16. The number of anilines is 1. The van der Waals surface area contributed by atoms with Crippen molar-refractivity contribution in [3.8, 4) is 0 Å². The second-order valence-electron chi connectivity index (χ2n) is 4.03. The smallest absolute Gasteiger partial charge is 0.0648 e. The highest BCUT2D eigenvalue weighted by atomic mass is 35.5. The fourth-order valence-electron chi connectivity index (χ4n) is 1.48. The first-order valence-corrected chi connectivity index (χ1v) is 5.92. The lowest BCUT2D eigenvalue weighted by Crippen LogP contribution is -2.23. The first-order chi connectivity index (χ1) is 7.17. The summed E-state index contributed by atoms with van der Waals surface area (Å²) in [5.74, 6) is 1.19. The zero-order valence-corrected chi connectivity index (χ0v) is 10.5. The SMILES string of the molecule is CCC(C)CN(C)c1ccnc(CCl)c1. The second-order valence-corrected chi connectivity index (χ2v) is 4.30. The lowest BCUT2D eigenvalue weighted by molar-refractivity contribution is 0.560. The molecule has 0 N–H and O–H groups in total. The van der Waals surface area contributed by atoms with Gasteiger partial charge in [-0.15, -0.1) is 11.6 Å². The third kappa shape index (κ3) is 3.71. The molecule has 1 aromatic rings. The van der Waals surface area contributed by atoms with Crippen molar-refractivity contribution in [2.45, 2.75) is 26.1 Å². The Morgan fingerprint density at radius 1 is 1.53 bits per heavy atom. The number of nitrogens with zero attached hydrogens (tertiary/aromatic N) is 2. The average molecular weight is 227 g/mol. The van der Waals surface area contributed by atoms with E-state index in [0.717, 1.165) is 12.2 Å². The Hall–Kier alpha value is -0.760. The lowest BCUT2D eigenvalue weighted by Gasteiger charge is -2.22. The Kier molecular flexibility index (Phi) is 4.89. The van der Waals surface area contributed by atoms with E-state index in [4.69, 9.17) is 11.6 Å². The molecule has 1 heterocycles. The quantitative estimate of drug-likeness (QED) is 0.717. The molecule has 0 fully saturated rings. The third-order valence-electron chi connectivity index (χ3n) is 2.66. The van der Waals surface area contributed by atoms with Gasteiger partial charge in [-0.1, -0.05) is 20.3 Å². The van der Waals surface area contributed by atoms with Crippen LogP contribution in [0.3, 0.4) is 0 Å². The summed E-state index contributed by atoms with van der Waals surface area (Å²) in [7, 11) is 2.11. The third-order valence-corrected chi connectivity index (χ3v) is 2.93. The van der Waals surface area contributed by atoms with Gasteiger partial charge in [0.2, 0.25) is 0 Å². The van der Waals surface area contributed by atoms with Crippen molar-refractivity contribution in [3.05, 3.63) is 24.0 Å². The van der Waals surface area contributed by atoms with E-state index in [0.29, 0.717) is 11.8 Å². The lowest BCUT2D eigenvalue weighted by atomic mass is 10.1. The molecule has 0 aliphatic rings. The van der Waals surface area contributed by atoms with Crippen molar-refractivity contribution in [2.75, 3.05) is 18.5 Å². The summed E-state index contributed by atoms with van der Waals surface area (Å²) in [6, 6.07) is 4.08. The van der Waals surface area contributed by atoms with Crippen LogP contribution in [0.5, 0.6) is 0 Å². The first-order valence-electron chi connectivity index (χ1n) is 5.39. The van der Waals surface area contributed by atoms with Gasteiger partial charge in [0.05, 0.1) is 11.6 Å². The predicted molar refractivity (Wildman–Crippen MR) is 66.5 cm³/mol. The Morgan fingerprint density at radius 2 is 2.27 bits per heavy atom. The number of halogens is 1. The molecule has 0 spiro atoms. The van der Waals surface area contributed by atoms with Crippen LogP contribution in [0.1, 0.15) is 26.0 Å². The second kappa shape index (κ2) is 5.96. The number of hydrogen-bond donors (Lipinski definition) is 0. The molecule has 2 nitrogen and oxygen atoms in total. The summed E-state index contributed by atoms with van der Waals surface area (Å²) in [5, 5.41) is 0. The highest BCUT2D eigenvalue weighted by molar-refractivity contribution is 6.16. The monoisotopic (exact) mass is 226 g/mol. The summed E-state index contributed by atoms with van der Waals surface area (Å²) in [5.41, 5.74) is 2.13. The standard InChI is InChI=1S/C12H19ClN2/c1-4-10(2)9-15(3)12-5-6-14-11(7-12)8-13/h5-7,10H,4,8-9H2,1-3H3. The molecule has 1 aromatic heterocycles. The molecule has 3 heteroatoms. The van der Waals surface area contributed by atoms with Gasteiger partial charge in [0.1, 0.15) is 0 Å². The molecule has 0 aliphatic carbocycles. The van der Waals surface area contributed by atoms with Crippen LogP contribution in [0.15, 0.2) is 18.3 Å². The molecule has 1 atom stereocenters. The molecule has 0 aromatic carbocycles. The average Bonchev–Trinajstić information content (AvgIpc) is 2.28. The Morgan fingerprint density at radius 3 is 2.87 bits per heavy atom. The maximum atomic E-state index is 5.76. The molecule has 0 bridgehead atoms. The molecule has 84 valence electrons. The van der Waals surface area contributed by atoms with Crippen LogP contribution >= 0.6 is 11.6 Å². The Bertz CT molecular complexity index is 301. The molecule has 1 unspecified atom stereocenters. The van der Waals surface area contributed by atoms with Crippen LogP contribution in [0.2, 0.25) is 0 Å². The van der Waals surface area contributed by atoms with Gasteiger partial charge in [0.25, 0.3) is 0 Å². The van der Waals surface area contributed by atoms with E-state index in [9.17, 15) is 0 Å². The molecule has 15 heavy (non-hydrogen) atoms. The summed E-state index contributed by atoms with van der Waals surface area (Å²) in [4.78, 5) is 6.44. The van der Waals surface area contributed by atoms with Gasteiger partial charge in [-0.05, 0) is 18.1 Å². The van der Waals surface area contributed by atoms with Crippen molar-refractivity contribution in [1.29, 1.82) is 0 Å². The molecular weight excluding hydrogens is 208 g/mol. The summed E-state index contributed by atoms with van der Waals surface area (Å²) >= 11 is 5.76. The minimum Gasteiger partial charge on any atom is -0.374 e. The van der Waals surface area contributed by atoms with Crippen molar-refractivity contribution in [2.24, 2.45) is 5.92 Å². The number of rotatable bonds is 5. The van der Waals surface area contributed by atoms with Gasteiger partial charge in [0.15, 0.2) is 0 Å². The van der Waals surface area contributed by atoms with Gasteiger partial charge in [0, 0.05) is 25.5 Å². The van der Waals surface area contributed by atoms with Crippen LogP contribution in [-0.4, -0.2) is 18.6 Å². The van der Waals surface area contributed by atoms with E-state index >= 15 is 0 Å². The summed E-state index contributed by atoms with van der Waals surface area (Å²) in [6.45, 7) is 5.55. The zero-order valence-electron chi connectivity index (χ0n) is 9.70. The van der Waals surface area contributed by atoms with Gasteiger partial charge in [-0.2, -0.15) is 0 Å². The van der Waals surface area contributed by atoms with Crippen molar-refractivity contribution in [3.63, 3.8) is 0 Å². The molecule has 0 saturated heterocycles. The van der Waals surface area contributed by atoms with E-state index in [1.165, 1.54) is 12.1 Å². The van der Waals surface area contributed by atoms with Crippen LogP contribution < -0.4 is 4.90 Å². The fraction of sp³-hybridized carbons (Fsp3) is 0.583. The summed E-state index contributed by atoms with van der Waals surface area (Å²) < 4.78 is 0. The Labute approximate surface area is 97.3 Å². The normalized spacial score (nSPS) is 12.5. The molecule has 0 amide bonds. The topological polar surface area (TPSA) is 16.1 Å². The summed E-state index contributed by atoms with van der Waals surface area (Å²) in [6.07, 6.45) is 3.03. The van der Waals surface area contributed by atoms with Crippen molar-refractivity contribution < 1.29 is 0 Å². The number of alkyl halides is 1. The Balaban J connectivity index is 2.68. The van der Waals surface area contributed by atoms with Crippen LogP contribution in [0.4, 0.5) is 5.69 Å². The minimum absolute atomic E-state index is 0.477. The van der Waals surface area contributed by atoms with E-state index in [2.05, 4.69) is 36.8 Å². The van der Waals surface area contributed by atoms with E-state index in [-0.39, 0.29) is 0 Å². The number of hydrogen-bond acceptors (Lipinski definition) is 2. The van der Waals surface area contributed by atoms with Crippen LogP contribution in [-0.2, 0) is 5.88 Å². The van der Waals surface area contributed by atoms with Gasteiger partial charge < -0.3 is 4.90 Å². The maximum absolute atomic E-state index is 5.76. The molecule has 0 aliphatic heterocycles. The van der Waals surface area contributed by atoms with Gasteiger partial charge in [-0.3, -0.25) is 4.98 Å². The predicted octanol–water partition coefficient (Wildman–Crippen LogP) is 3.30. The van der Waals surface area contributed by atoms with Gasteiger partial charge in [-0.25, -0.2) is 0 Å².